The van der Waals surface area contributed by atoms with E-state index in [0.717, 1.165) is 6.42 Å². The third-order valence-corrected chi connectivity index (χ3v) is 5.18. The highest BCUT2D eigenvalue weighted by Gasteiger charge is 2.35. The molecular weight excluding hydrogens is 366 g/mol. The zero-order valence-electron chi connectivity index (χ0n) is 15.2. The van der Waals surface area contributed by atoms with E-state index in [4.69, 9.17) is 4.74 Å². The first-order valence-corrected chi connectivity index (χ1v) is 9.48. The fourth-order valence-corrected chi connectivity index (χ4v) is 3.81. The Balaban J connectivity index is 1.77. The number of ether oxygens (including phenoxy) is 1. The van der Waals surface area contributed by atoms with E-state index in [-0.39, 0.29) is 17.7 Å². The van der Waals surface area contributed by atoms with Crippen molar-refractivity contribution in [2.75, 3.05) is 24.3 Å². The predicted octanol–water partition coefficient (Wildman–Crippen LogP) is 2.96. The molecule has 0 radical (unpaired) electrons. The first-order valence-electron chi connectivity index (χ1n) is 8.60. The standard InChI is InChI=1S/C19H21N3O4S/c1-12(23)20-13-7-8-16(26-2)14(11-13)21-18(24)15-5-3-9-22(15)19(25)17-6-4-10-27-17/h4,6-8,10-11,15H,3,5,9H2,1-2H3,(H,20,23)(H,21,24)/t15-/m0/s1. The van der Waals surface area contributed by atoms with Crippen LogP contribution >= 0.6 is 11.3 Å². The van der Waals surface area contributed by atoms with Crippen LogP contribution < -0.4 is 15.4 Å². The number of hydrogen-bond donors (Lipinski definition) is 2. The number of rotatable bonds is 5. The van der Waals surface area contributed by atoms with E-state index in [1.165, 1.54) is 25.4 Å². The molecule has 1 aromatic carbocycles. The number of amides is 3. The van der Waals surface area contributed by atoms with Gasteiger partial charge >= 0.3 is 0 Å². The summed E-state index contributed by atoms with van der Waals surface area (Å²) in [6.45, 7) is 1.97. The summed E-state index contributed by atoms with van der Waals surface area (Å²) in [5, 5.41) is 7.36. The van der Waals surface area contributed by atoms with Gasteiger partial charge in [-0.2, -0.15) is 0 Å². The molecule has 1 aliphatic rings. The minimum Gasteiger partial charge on any atom is -0.495 e. The van der Waals surface area contributed by atoms with Crippen LogP contribution in [0.25, 0.3) is 0 Å². The molecule has 0 bridgehead atoms. The molecule has 1 fully saturated rings. The third kappa shape index (κ3) is 4.28. The van der Waals surface area contributed by atoms with Gasteiger partial charge in [-0.15, -0.1) is 11.3 Å². The maximum atomic E-state index is 12.9. The molecule has 0 saturated carbocycles. The fraction of sp³-hybridized carbons (Fsp3) is 0.316. The van der Waals surface area contributed by atoms with Gasteiger partial charge in [0.2, 0.25) is 11.8 Å². The monoisotopic (exact) mass is 387 g/mol. The Morgan fingerprint density at radius 1 is 1.22 bits per heavy atom. The lowest BCUT2D eigenvalue weighted by Crippen LogP contribution is -2.43. The summed E-state index contributed by atoms with van der Waals surface area (Å²) < 4.78 is 5.30. The molecule has 1 aromatic heterocycles. The number of methoxy groups -OCH3 is 1. The van der Waals surface area contributed by atoms with Gasteiger partial charge in [0.05, 0.1) is 17.7 Å². The van der Waals surface area contributed by atoms with Crippen LogP contribution in [0.15, 0.2) is 35.7 Å². The Labute approximate surface area is 161 Å². The number of carbonyl (C=O) groups is 3. The molecule has 2 N–H and O–H groups in total. The van der Waals surface area contributed by atoms with E-state index in [9.17, 15) is 14.4 Å². The van der Waals surface area contributed by atoms with Crippen molar-refractivity contribution in [3.05, 3.63) is 40.6 Å². The van der Waals surface area contributed by atoms with Crippen LogP contribution in [0.5, 0.6) is 5.75 Å². The molecule has 142 valence electrons. The van der Waals surface area contributed by atoms with Crippen molar-refractivity contribution in [3.8, 4) is 5.75 Å². The SMILES string of the molecule is COc1ccc(NC(C)=O)cc1NC(=O)[C@@H]1CCCN1C(=O)c1cccs1. The average molecular weight is 387 g/mol. The zero-order valence-corrected chi connectivity index (χ0v) is 16.0. The van der Waals surface area contributed by atoms with Gasteiger partial charge in [-0.1, -0.05) is 6.07 Å². The summed E-state index contributed by atoms with van der Waals surface area (Å²) in [6, 6.07) is 8.05. The lowest BCUT2D eigenvalue weighted by Gasteiger charge is -2.24. The van der Waals surface area contributed by atoms with Gasteiger partial charge in [-0.25, -0.2) is 0 Å². The Hall–Kier alpha value is -2.87. The van der Waals surface area contributed by atoms with Gasteiger partial charge in [0.1, 0.15) is 11.8 Å². The minimum absolute atomic E-state index is 0.124. The quantitative estimate of drug-likeness (QED) is 0.826. The van der Waals surface area contributed by atoms with E-state index in [1.807, 2.05) is 11.4 Å². The summed E-state index contributed by atoms with van der Waals surface area (Å²) >= 11 is 1.37. The predicted molar refractivity (Wildman–Crippen MR) is 104 cm³/mol. The van der Waals surface area contributed by atoms with Crippen LogP contribution in [0.4, 0.5) is 11.4 Å². The number of anilines is 2. The zero-order chi connectivity index (χ0) is 19.4. The van der Waals surface area contributed by atoms with Gasteiger partial charge < -0.3 is 20.3 Å². The lowest BCUT2D eigenvalue weighted by atomic mass is 10.2. The minimum atomic E-state index is -0.534. The van der Waals surface area contributed by atoms with Crippen LogP contribution in [0.2, 0.25) is 0 Å². The highest BCUT2D eigenvalue weighted by atomic mass is 32.1. The van der Waals surface area contributed by atoms with Gasteiger partial charge in [0, 0.05) is 19.2 Å². The van der Waals surface area contributed by atoms with Gasteiger partial charge in [0.25, 0.3) is 5.91 Å². The third-order valence-electron chi connectivity index (χ3n) is 4.33. The van der Waals surface area contributed by atoms with Crippen LogP contribution in [-0.4, -0.2) is 42.3 Å². The van der Waals surface area contributed by atoms with Gasteiger partial charge in [-0.05, 0) is 42.5 Å². The highest BCUT2D eigenvalue weighted by molar-refractivity contribution is 7.12. The van der Waals surface area contributed by atoms with E-state index in [1.54, 1.807) is 29.2 Å². The maximum Gasteiger partial charge on any atom is 0.264 e. The van der Waals surface area contributed by atoms with Crippen LogP contribution in [-0.2, 0) is 9.59 Å². The average Bonchev–Trinajstić information content (AvgIpc) is 3.33. The van der Waals surface area contributed by atoms with E-state index in [0.29, 0.717) is 35.0 Å². The van der Waals surface area contributed by atoms with Crippen LogP contribution in [0.1, 0.15) is 29.4 Å². The molecule has 1 aliphatic heterocycles. The first-order chi connectivity index (χ1) is 13.0. The summed E-state index contributed by atoms with van der Waals surface area (Å²) in [5.41, 5.74) is 1.00. The molecule has 7 nitrogen and oxygen atoms in total. The van der Waals surface area contributed by atoms with Gasteiger partial charge in [-0.3, -0.25) is 14.4 Å². The van der Waals surface area contributed by atoms with Crippen molar-refractivity contribution in [3.63, 3.8) is 0 Å². The molecule has 3 amide bonds. The summed E-state index contributed by atoms with van der Waals surface area (Å²) in [7, 11) is 1.51. The van der Waals surface area contributed by atoms with Crippen molar-refractivity contribution in [2.45, 2.75) is 25.8 Å². The smallest absolute Gasteiger partial charge is 0.264 e. The Morgan fingerprint density at radius 2 is 2.04 bits per heavy atom. The number of carbonyl (C=O) groups excluding carboxylic acids is 3. The Kier molecular flexibility index (Phi) is 5.75. The maximum absolute atomic E-state index is 12.9. The lowest BCUT2D eigenvalue weighted by molar-refractivity contribution is -0.119. The topological polar surface area (TPSA) is 87.7 Å². The first kappa shape index (κ1) is 18.9. The Bertz CT molecular complexity index is 851. The number of nitrogens with zero attached hydrogens (tertiary/aromatic N) is 1. The van der Waals surface area contributed by atoms with Crippen LogP contribution in [0.3, 0.4) is 0 Å². The molecule has 2 heterocycles. The molecule has 1 atom stereocenters. The van der Waals surface area contributed by atoms with Gasteiger partial charge in [0.15, 0.2) is 0 Å². The molecular formula is C19H21N3O4S. The molecule has 27 heavy (non-hydrogen) atoms. The molecule has 0 aliphatic carbocycles. The molecule has 3 rings (SSSR count). The molecule has 8 heteroatoms. The molecule has 1 saturated heterocycles. The second-order valence-corrected chi connectivity index (χ2v) is 7.17. The second-order valence-electron chi connectivity index (χ2n) is 6.22. The van der Waals surface area contributed by atoms with Crippen molar-refractivity contribution < 1.29 is 19.1 Å². The molecule has 2 aromatic rings. The van der Waals surface area contributed by atoms with Crippen molar-refractivity contribution in [1.82, 2.24) is 4.90 Å². The summed E-state index contributed by atoms with van der Waals surface area (Å²) in [4.78, 5) is 39.0. The fourth-order valence-electron chi connectivity index (χ4n) is 3.13. The largest absolute Gasteiger partial charge is 0.495 e. The second kappa shape index (κ2) is 8.22. The van der Waals surface area contributed by atoms with Crippen molar-refractivity contribution in [1.29, 1.82) is 0 Å². The number of benzene rings is 1. The Morgan fingerprint density at radius 3 is 2.70 bits per heavy atom. The summed E-state index contributed by atoms with van der Waals surface area (Å²) in [5.74, 6) is -0.121. The van der Waals surface area contributed by atoms with Crippen molar-refractivity contribution in [2.24, 2.45) is 0 Å². The molecule has 0 unspecified atom stereocenters. The number of nitrogens with one attached hydrogen (secondary N) is 2. The summed E-state index contributed by atoms with van der Waals surface area (Å²) in [6.07, 6.45) is 1.38. The normalized spacial score (nSPS) is 16.1. The van der Waals surface area contributed by atoms with Crippen LogP contribution in [0, 0.1) is 0 Å². The number of likely N-dealkylation sites (tertiary alicyclic amines) is 1. The number of thiophene rings is 1. The van der Waals surface area contributed by atoms with E-state index < -0.39 is 6.04 Å². The highest BCUT2D eigenvalue weighted by Crippen LogP contribution is 2.30. The van der Waals surface area contributed by atoms with E-state index in [2.05, 4.69) is 10.6 Å². The number of hydrogen-bond acceptors (Lipinski definition) is 5. The van der Waals surface area contributed by atoms with E-state index >= 15 is 0 Å². The molecule has 0 spiro atoms. The van der Waals surface area contributed by atoms with Crippen molar-refractivity contribution >= 4 is 40.4 Å².